The van der Waals surface area contributed by atoms with Crippen LogP contribution in [-0.2, 0) is 15.7 Å². The highest BCUT2D eigenvalue weighted by atomic mass is 19.4. The molecule has 0 aromatic carbocycles. The van der Waals surface area contributed by atoms with E-state index in [2.05, 4.69) is 10.3 Å². The van der Waals surface area contributed by atoms with Crippen LogP contribution >= 0.6 is 0 Å². The number of alkyl halides is 5. The van der Waals surface area contributed by atoms with Crippen molar-refractivity contribution in [3.8, 4) is 0 Å². The normalized spacial score (nSPS) is 23.9. The molecule has 10 heteroatoms. The number of carbonyl (C=O) groups excluding carboxylic acids is 1. The summed E-state index contributed by atoms with van der Waals surface area (Å²) in [6.45, 7) is 0.576. The van der Waals surface area contributed by atoms with Crippen LogP contribution in [-0.4, -0.2) is 49.2 Å². The highest BCUT2D eigenvalue weighted by Gasteiger charge is 2.44. The molecule has 0 bridgehead atoms. The molecule has 0 radical (unpaired) electrons. The molecule has 0 spiro atoms. The molecule has 1 amide bonds. The SMILES string of the molecule is O=C(NC1COCCC1(F)F)C1CCN(c2ccc(C(F)(F)F)cn2)CC1. The van der Waals surface area contributed by atoms with Gasteiger partial charge in [-0.15, -0.1) is 0 Å². The number of nitrogens with one attached hydrogen (secondary N) is 1. The summed E-state index contributed by atoms with van der Waals surface area (Å²) >= 11 is 0. The first-order chi connectivity index (χ1) is 12.7. The highest BCUT2D eigenvalue weighted by Crippen LogP contribution is 2.31. The minimum absolute atomic E-state index is 0.0299. The second-order valence-corrected chi connectivity index (χ2v) is 6.81. The molecule has 150 valence electrons. The van der Waals surface area contributed by atoms with Gasteiger partial charge in [0.2, 0.25) is 5.91 Å². The summed E-state index contributed by atoms with van der Waals surface area (Å²) in [4.78, 5) is 17.9. The van der Waals surface area contributed by atoms with Crippen LogP contribution in [0.15, 0.2) is 18.3 Å². The molecule has 3 rings (SSSR count). The fourth-order valence-electron chi connectivity index (χ4n) is 3.25. The number of hydrogen-bond donors (Lipinski definition) is 1. The van der Waals surface area contributed by atoms with Gasteiger partial charge in [-0.25, -0.2) is 13.8 Å². The van der Waals surface area contributed by atoms with Crippen LogP contribution in [0, 0.1) is 5.92 Å². The Bertz CT molecular complexity index is 658. The lowest BCUT2D eigenvalue weighted by molar-refractivity contribution is -0.142. The first-order valence-corrected chi connectivity index (χ1v) is 8.71. The molecule has 1 aromatic heterocycles. The van der Waals surface area contributed by atoms with Crippen molar-refractivity contribution < 1.29 is 31.5 Å². The topological polar surface area (TPSA) is 54.5 Å². The quantitative estimate of drug-likeness (QED) is 0.803. The Labute approximate surface area is 152 Å². The summed E-state index contributed by atoms with van der Waals surface area (Å²) in [5.74, 6) is -3.45. The standard InChI is InChI=1S/C17H20F5N3O2/c18-16(19)5-8-27-10-13(16)24-15(26)11-3-6-25(7-4-11)14-2-1-12(9-23-14)17(20,21)22/h1-2,9,11,13H,3-8,10H2,(H,24,26). The molecule has 2 fully saturated rings. The Hall–Kier alpha value is -1.97. The lowest BCUT2D eigenvalue weighted by Gasteiger charge is -2.35. The summed E-state index contributed by atoms with van der Waals surface area (Å²) < 4.78 is 70.4. The van der Waals surface area contributed by atoms with Crippen LogP contribution in [0.2, 0.25) is 0 Å². The van der Waals surface area contributed by atoms with E-state index in [-0.39, 0.29) is 13.2 Å². The summed E-state index contributed by atoms with van der Waals surface area (Å²) in [7, 11) is 0. The molecule has 2 aliphatic rings. The van der Waals surface area contributed by atoms with Crippen molar-refractivity contribution >= 4 is 11.7 Å². The van der Waals surface area contributed by atoms with E-state index in [1.165, 1.54) is 6.07 Å². The number of pyridine rings is 1. The van der Waals surface area contributed by atoms with Crippen LogP contribution in [0.5, 0.6) is 0 Å². The first kappa shape index (κ1) is 19.8. The van der Waals surface area contributed by atoms with Gasteiger partial charge in [0.25, 0.3) is 5.92 Å². The molecular formula is C17H20F5N3O2. The third-order valence-corrected chi connectivity index (χ3v) is 4.96. The fourth-order valence-corrected chi connectivity index (χ4v) is 3.25. The second kappa shape index (κ2) is 7.57. The van der Waals surface area contributed by atoms with Gasteiger partial charge in [-0.05, 0) is 25.0 Å². The Morgan fingerprint density at radius 1 is 1.26 bits per heavy atom. The number of aromatic nitrogens is 1. The fraction of sp³-hybridized carbons (Fsp3) is 0.647. The molecule has 0 aliphatic carbocycles. The van der Waals surface area contributed by atoms with Crippen molar-refractivity contribution in [2.45, 2.75) is 37.4 Å². The molecule has 0 saturated carbocycles. The minimum atomic E-state index is -4.44. The molecule has 5 nitrogen and oxygen atoms in total. The van der Waals surface area contributed by atoms with Gasteiger partial charge in [0.15, 0.2) is 0 Å². The molecular weight excluding hydrogens is 373 g/mol. The van der Waals surface area contributed by atoms with E-state index >= 15 is 0 Å². The largest absolute Gasteiger partial charge is 0.417 e. The molecule has 2 aliphatic heterocycles. The molecule has 1 atom stereocenters. The number of hydrogen-bond acceptors (Lipinski definition) is 4. The average molecular weight is 393 g/mol. The van der Waals surface area contributed by atoms with Crippen LogP contribution in [0.3, 0.4) is 0 Å². The first-order valence-electron chi connectivity index (χ1n) is 8.71. The molecule has 27 heavy (non-hydrogen) atoms. The van der Waals surface area contributed by atoms with E-state index < -0.39 is 42.0 Å². The Balaban J connectivity index is 1.53. The lowest BCUT2D eigenvalue weighted by Crippen LogP contribution is -2.55. The lowest BCUT2D eigenvalue weighted by atomic mass is 9.94. The molecule has 2 saturated heterocycles. The average Bonchev–Trinajstić information content (AvgIpc) is 2.63. The summed E-state index contributed by atoms with van der Waals surface area (Å²) in [6.07, 6.45) is -3.27. The minimum Gasteiger partial charge on any atom is -0.379 e. The van der Waals surface area contributed by atoms with Crippen molar-refractivity contribution in [2.75, 3.05) is 31.2 Å². The number of anilines is 1. The van der Waals surface area contributed by atoms with Gasteiger partial charge in [-0.1, -0.05) is 0 Å². The van der Waals surface area contributed by atoms with Crippen molar-refractivity contribution in [3.63, 3.8) is 0 Å². The highest BCUT2D eigenvalue weighted by molar-refractivity contribution is 5.79. The van der Waals surface area contributed by atoms with Crippen molar-refractivity contribution in [1.82, 2.24) is 10.3 Å². The molecule has 1 unspecified atom stereocenters. The number of ether oxygens (including phenoxy) is 1. The maximum absolute atomic E-state index is 13.8. The zero-order chi connectivity index (χ0) is 19.7. The second-order valence-electron chi connectivity index (χ2n) is 6.81. The summed E-state index contributed by atoms with van der Waals surface area (Å²) in [5, 5.41) is 2.38. The number of amides is 1. The van der Waals surface area contributed by atoms with Crippen LogP contribution in [0.4, 0.5) is 27.8 Å². The van der Waals surface area contributed by atoms with E-state index in [1.807, 2.05) is 0 Å². The van der Waals surface area contributed by atoms with Gasteiger partial charge in [0.1, 0.15) is 11.9 Å². The zero-order valence-electron chi connectivity index (χ0n) is 14.4. The van der Waals surface area contributed by atoms with Gasteiger partial charge < -0.3 is 15.0 Å². The number of rotatable bonds is 3. The maximum Gasteiger partial charge on any atom is 0.417 e. The maximum atomic E-state index is 13.8. The Morgan fingerprint density at radius 3 is 2.52 bits per heavy atom. The molecule has 1 aromatic rings. The predicted octanol–water partition coefficient (Wildman–Crippen LogP) is 2.86. The Morgan fingerprint density at radius 2 is 1.96 bits per heavy atom. The van der Waals surface area contributed by atoms with Crippen LogP contribution in [0.1, 0.15) is 24.8 Å². The van der Waals surface area contributed by atoms with Gasteiger partial charge in [-0.3, -0.25) is 4.79 Å². The van der Waals surface area contributed by atoms with Gasteiger partial charge in [-0.2, -0.15) is 13.2 Å². The van der Waals surface area contributed by atoms with E-state index in [4.69, 9.17) is 4.74 Å². The third-order valence-electron chi connectivity index (χ3n) is 4.96. The predicted molar refractivity (Wildman–Crippen MR) is 86.5 cm³/mol. The molecule has 1 N–H and O–H groups in total. The summed E-state index contributed by atoms with van der Waals surface area (Å²) in [6, 6.07) is 0.934. The number of carbonyl (C=O) groups is 1. The van der Waals surface area contributed by atoms with Crippen molar-refractivity contribution in [3.05, 3.63) is 23.9 Å². The summed E-state index contributed by atoms with van der Waals surface area (Å²) in [5.41, 5.74) is -0.823. The number of piperidine rings is 1. The van der Waals surface area contributed by atoms with E-state index in [0.29, 0.717) is 31.7 Å². The van der Waals surface area contributed by atoms with Crippen molar-refractivity contribution in [1.29, 1.82) is 0 Å². The van der Waals surface area contributed by atoms with Gasteiger partial charge in [0.05, 0.1) is 18.8 Å². The van der Waals surface area contributed by atoms with E-state index in [0.717, 1.165) is 12.3 Å². The molecule has 3 heterocycles. The van der Waals surface area contributed by atoms with Gasteiger partial charge in [0, 0.05) is 31.6 Å². The Kier molecular flexibility index (Phi) is 5.55. The smallest absolute Gasteiger partial charge is 0.379 e. The van der Waals surface area contributed by atoms with Gasteiger partial charge >= 0.3 is 6.18 Å². The van der Waals surface area contributed by atoms with Crippen LogP contribution < -0.4 is 10.2 Å². The third kappa shape index (κ3) is 4.66. The van der Waals surface area contributed by atoms with Crippen molar-refractivity contribution in [2.24, 2.45) is 5.92 Å². The van der Waals surface area contributed by atoms with Crippen LogP contribution in [0.25, 0.3) is 0 Å². The van der Waals surface area contributed by atoms with E-state index in [9.17, 15) is 26.7 Å². The zero-order valence-corrected chi connectivity index (χ0v) is 14.4. The number of halogens is 5. The monoisotopic (exact) mass is 393 g/mol. The van der Waals surface area contributed by atoms with E-state index in [1.54, 1.807) is 4.90 Å². The number of nitrogens with zero attached hydrogens (tertiary/aromatic N) is 2.